The Labute approximate surface area is 134 Å². The number of carbonyl (C=O) groups excluding carboxylic acids is 2. The summed E-state index contributed by atoms with van der Waals surface area (Å²) in [5.41, 5.74) is 0.658. The van der Waals surface area contributed by atoms with Crippen molar-refractivity contribution in [2.45, 2.75) is 13.5 Å². The number of hydrogen-bond donors (Lipinski definition) is 3. The molecule has 0 aliphatic carbocycles. The molecule has 0 saturated heterocycles. The quantitative estimate of drug-likeness (QED) is 0.756. The molecular weight excluding hydrogens is 298 g/mol. The summed E-state index contributed by atoms with van der Waals surface area (Å²) in [4.78, 5) is 26.1. The highest BCUT2D eigenvalue weighted by atomic mass is 32.1. The van der Waals surface area contributed by atoms with Gasteiger partial charge in [0.25, 0.3) is 5.91 Å². The highest BCUT2D eigenvalue weighted by Crippen LogP contribution is 2.06. The summed E-state index contributed by atoms with van der Waals surface area (Å²) < 4.78 is 0. The second-order valence-electron chi connectivity index (χ2n) is 4.90. The predicted octanol–water partition coefficient (Wildman–Crippen LogP) is 1.50. The molecule has 1 aromatic carbocycles. The van der Waals surface area contributed by atoms with Crippen LogP contribution in [0.2, 0.25) is 0 Å². The van der Waals surface area contributed by atoms with Gasteiger partial charge in [-0.15, -0.1) is 11.3 Å². The van der Waals surface area contributed by atoms with Crippen molar-refractivity contribution in [2.75, 3.05) is 18.4 Å². The van der Waals surface area contributed by atoms with Crippen LogP contribution in [0, 0.1) is 0 Å². The minimum absolute atomic E-state index is 0.274. The lowest BCUT2D eigenvalue weighted by Gasteiger charge is -2.16. The molecule has 2 rings (SSSR count). The Morgan fingerprint density at radius 2 is 1.91 bits per heavy atom. The molecule has 3 amide bonds. The number of quaternary nitrogens is 1. The number of anilines is 1. The number of likely N-dealkylation sites (N-methyl/N-ethyl adjacent to an activating group) is 1. The van der Waals surface area contributed by atoms with Crippen molar-refractivity contribution >= 4 is 29.0 Å². The van der Waals surface area contributed by atoms with Crippen molar-refractivity contribution in [3.8, 4) is 0 Å². The first-order valence-corrected chi connectivity index (χ1v) is 8.07. The summed E-state index contributed by atoms with van der Waals surface area (Å²) in [7, 11) is 0. The number of nitrogens with one attached hydrogen (secondary N) is 3. The molecule has 22 heavy (non-hydrogen) atoms. The molecule has 0 aliphatic rings. The van der Waals surface area contributed by atoms with Crippen LogP contribution in [0.4, 0.5) is 10.5 Å². The van der Waals surface area contributed by atoms with E-state index in [1.165, 1.54) is 4.88 Å². The van der Waals surface area contributed by atoms with Gasteiger partial charge in [-0.3, -0.25) is 10.1 Å². The molecule has 0 spiro atoms. The van der Waals surface area contributed by atoms with E-state index < -0.39 is 6.03 Å². The minimum atomic E-state index is -0.497. The third-order valence-electron chi connectivity index (χ3n) is 3.20. The zero-order valence-electron chi connectivity index (χ0n) is 12.5. The van der Waals surface area contributed by atoms with Gasteiger partial charge in [-0.2, -0.15) is 0 Å². The van der Waals surface area contributed by atoms with E-state index >= 15 is 0 Å². The first kappa shape index (κ1) is 16.2. The van der Waals surface area contributed by atoms with Crippen LogP contribution >= 0.6 is 11.3 Å². The van der Waals surface area contributed by atoms with Crippen molar-refractivity contribution in [3.63, 3.8) is 0 Å². The first-order valence-electron chi connectivity index (χ1n) is 7.19. The molecule has 0 radical (unpaired) electrons. The SMILES string of the molecule is CC[NH+](CC(=O)NC(=O)Nc1ccccc1)Cc1cccs1. The zero-order valence-corrected chi connectivity index (χ0v) is 13.3. The second-order valence-corrected chi connectivity index (χ2v) is 5.94. The Morgan fingerprint density at radius 1 is 1.14 bits per heavy atom. The van der Waals surface area contributed by atoms with E-state index in [4.69, 9.17) is 0 Å². The summed E-state index contributed by atoms with van der Waals surface area (Å²) in [5, 5.41) is 7.02. The molecular formula is C16H20N3O2S+. The van der Waals surface area contributed by atoms with E-state index in [1.807, 2.05) is 36.6 Å². The molecule has 0 aliphatic heterocycles. The third kappa shape index (κ3) is 5.31. The smallest absolute Gasteiger partial charge is 0.323 e. The highest BCUT2D eigenvalue weighted by Gasteiger charge is 2.15. The van der Waals surface area contributed by atoms with Gasteiger partial charge in [0.2, 0.25) is 0 Å². The number of thiophene rings is 1. The fourth-order valence-corrected chi connectivity index (χ4v) is 2.83. The fourth-order valence-electron chi connectivity index (χ4n) is 2.05. The lowest BCUT2D eigenvalue weighted by Crippen LogP contribution is -3.11. The summed E-state index contributed by atoms with van der Waals surface area (Å²) >= 11 is 1.68. The molecule has 0 bridgehead atoms. The topological polar surface area (TPSA) is 62.6 Å². The number of imide groups is 1. The lowest BCUT2D eigenvalue weighted by molar-refractivity contribution is -0.903. The normalized spacial score (nSPS) is 11.7. The van der Waals surface area contributed by atoms with Crippen molar-refractivity contribution in [1.82, 2.24) is 5.32 Å². The second kappa shape index (κ2) is 8.31. The van der Waals surface area contributed by atoms with Gasteiger partial charge >= 0.3 is 6.03 Å². The monoisotopic (exact) mass is 318 g/mol. The van der Waals surface area contributed by atoms with Gasteiger partial charge in [0.15, 0.2) is 6.54 Å². The average molecular weight is 318 g/mol. The number of rotatable bonds is 6. The first-order chi connectivity index (χ1) is 10.7. The van der Waals surface area contributed by atoms with Gasteiger partial charge in [-0.25, -0.2) is 4.79 Å². The lowest BCUT2D eigenvalue weighted by atomic mass is 10.3. The Bertz CT molecular complexity index is 599. The van der Waals surface area contributed by atoms with Gasteiger partial charge in [-0.1, -0.05) is 24.3 Å². The maximum Gasteiger partial charge on any atom is 0.326 e. The number of hydrogen-bond acceptors (Lipinski definition) is 3. The number of benzene rings is 1. The Hall–Kier alpha value is -2.18. The van der Waals surface area contributed by atoms with Crippen LogP contribution in [-0.4, -0.2) is 25.0 Å². The van der Waals surface area contributed by atoms with E-state index in [0.717, 1.165) is 18.0 Å². The van der Waals surface area contributed by atoms with Crippen molar-refractivity contribution < 1.29 is 14.5 Å². The molecule has 2 aromatic rings. The maximum atomic E-state index is 12.0. The van der Waals surface area contributed by atoms with Gasteiger partial charge in [-0.05, 0) is 30.5 Å². The maximum absolute atomic E-state index is 12.0. The van der Waals surface area contributed by atoms with Crippen LogP contribution in [0.15, 0.2) is 47.8 Å². The zero-order chi connectivity index (χ0) is 15.8. The standard InChI is InChI=1S/C16H19N3O2S/c1-2-19(11-14-9-6-10-22-14)12-15(20)18-16(21)17-13-7-4-3-5-8-13/h3-10H,2,11-12H2,1H3,(H2,17,18,20,21)/p+1. The molecule has 0 saturated carbocycles. The molecule has 3 N–H and O–H groups in total. The van der Waals surface area contributed by atoms with Crippen molar-refractivity contribution in [2.24, 2.45) is 0 Å². The summed E-state index contributed by atoms with van der Waals surface area (Å²) in [5.74, 6) is -0.276. The van der Waals surface area contributed by atoms with Crippen LogP contribution in [0.25, 0.3) is 0 Å². The Morgan fingerprint density at radius 3 is 2.55 bits per heavy atom. The number of carbonyl (C=O) groups is 2. The molecule has 1 heterocycles. The summed E-state index contributed by atoms with van der Waals surface area (Å²) in [6, 6.07) is 12.6. The van der Waals surface area contributed by atoms with Crippen LogP contribution < -0.4 is 15.5 Å². The summed E-state index contributed by atoms with van der Waals surface area (Å²) in [6.07, 6.45) is 0. The van der Waals surface area contributed by atoms with Crippen LogP contribution in [-0.2, 0) is 11.3 Å². The van der Waals surface area contributed by atoms with E-state index in [0.29, 0.717) is 5.69 Å². The van der Waals surface area contributed by atoms with E-state index in [-0.39, 0.29) is 12.5 Å². The predicted molar refractivity (Wildman–Crippen MR) is 88.0 cm³/mol. The fraction of sp³-hybridized carbons (Fsp3) is 0.250. The van der Waals surface area contributed by atoms with Crippen molar-refractivity contribution in [3.05, 3.63) is 52.7 Å². The number of urea groups is 1. The van der Waals surface area contributed by atoms with Gasteiger partial charge < -0.3 is 10.2 Å². The molecule has 1 unspecified atom stereocenters. The van der Waals surface area contributed by atoms with Crippen LogP contribution in [0.3, 0.4) is 0 Å². The third-order valence-corrected chi connectivity index (χ3v) is 4.08. The Balaban J connectivity index is 1.79. The molecule has 0 fully saturated rings. The molecule has 1 aromatic heterocycles. The van der Waals surface area contributed by atoms with Crippen LogP contribution in [0.5, 0.6) is 0 Å². The van der Waals surface area contributed by atoms with Crippen molar-refractivity contribution in [1.29, 1.82) is 0 Å². The number of para-hydroxylation sites is 1. The van der Waals surface area contributed by atoms with Gasteiger partial charge in [0.1, 0.15) is 6.54 Å². The molecule has 1 atom stereocenters. The minimum Gasteiger partial charge on any atom is -0.323 e. The molecule has 6 heteroatoms. The highest BCUT2D eigenvalue weighted by molar-refractivity contribution is 7.09. The average Bonchev–Trinajstić information content (AvgIpc) is 3.00. The number of amides is 3. The molecule has 116 valence electrons. The van der Waals surface area contributed by atoms with E-state index in [1.54, 1.807) is 23.5 Å². The summed E-state index contributed by atoms with van der Waals surface area (Å²) in [6.45, 7) is 3.92. The van der Waals surface area contributed by atoms with E-state index in [2.05, 4.69) is 16.7 Å². The van der Waals surface area contributed by atoms with E-state index in [9.17, 15) is 9.59 Å². The largest absolute Gasteiger partial charge is 0.326 e. The van der Waals surface area contributed by atoms with Gasteiger partial charge in [0, 0.05) is 5.69 Å². The van der Waals surface area contributed by atoms with Gasteiger partial charge in [0.05, 0.1) is 11.4 Å². The van der Waals surface area contributed by atoms with Crippen LogP contribution in [0.1, 0.15) is 11.8 Å². The molecule has 5 nitrogen and oxygen atoms in total. The Kier molecular flexibility index (Phi) is 6.12.